The zero-order valence-electron chi connectivity index (χ0n) is 19.0. The van der Waals surface area contributed by atoms with Crippen LogP contribution in [-0.4, -0.2) is 46.6 Å². The van der Waals surface area contributed by atoms with E-state index in [9.17, 15) is 10.1 Å². The Bertz CT molecular complexity index is 936. The molecule has 1 saturated heterocycles. The summed E-state index contributed by atoms with van der Waals surface area (Å²) in [5.41, 5.74) is 1.45. The molecule has 174 valence electrons. The molecule has 0 spiro atoms. The van der Waals surface area contributed by atoms with Crippen LogP contribution in [0.2, 0.25) is 0 Å². The first-order valence-electron chi connectivity index (χ1n) is 10.4. The summed E-state index contributed by atoms with van der Waals surface area (Å²) in [4.78, 5) is 11.4. The molecule has 2 atom stereocenters. The van der Waals surface area contributed by atoms with E-state index in [0.29, 0.717) is 42.6 Å². The fourth-order valence-corrected chi connectivity index (χ4v) is 3.98. The van der Waals surface area contributed by atoms with E-state index in [4.69, 9.17) is 28.4 Å². The maximum absolute atomic E-state index is 11.8. The first-order valence-corrected chi connectivity index (χ1v) is 10.4. The van der Waals surface area contributed by atoms with Crippen LogP contribution in [0, 0.1) is 10.1 Å². The third kappa shape index (κ3) is 4.52. The van der Waals surface area contributed by atoms with Crippen molar-refractivity contribution in [3.05, 3.63) is 45.5 Å². The molecule has 1 fully saturated rings. The second-order valence-corrected chi connectivity index (χ2v) is 7.32. The Hall–Kier alpha value is -3.20. The van der Waals surface area contributed by atoms with Gasteiger partial charge >= 0.3 is 5.69 Å². The number of nitro groups is 1. The van der Waals surface area contributed by atoms with Crippen molar-refractivity contribution in [3.8, 4) is 28.7 Å². The summed E-state index contributed by atoms with van der Waals surface area (Å²) in [6.07, 6.45) is 1.06. The third-order valence-electron chi connectivity index (χ3n) is 5.46. The maximum Gasteiger partial charge on any atom is 0.315 e. The van der Waals surface area contributed by atoms with E-state index in [2.05, 4.69) is 0 Å². The highest BCUT2D eigenvalue weighted by atomic mass is 16.6. The van der Waals surface area contributed by atoms with E-state index in [-0.39, 0.29) is 23.5 Å². The summed E-state index contributed by atoms with van der Waals surface area (Å²) >= 11 is 0. The molecular weight excluding hydrogens is 418 g/mol. The van der Waals surface area contributed by atoms with Crippen molar-refractivity contribution in [1.82, 2.24) is 0 Å². The largest absolute Gasteiger partial charge is 0.493 e. The van der Waals surface area contributed by atoms with Crippen LogP contribution in [0.1, 0.15) is 42.9 Å². The van der Waals surface area contributed by atoms with Gasteiger partial charge in [0.25, 0.3) is 0 Å². The monoisotopic (exact) mass is 447 g/mol. The lowest BCUT2D eigenvalue weighted by molar-refractivity contribution is -0.386. The number of hydrogen-bond acceptors (Lipinski definition) is 8. The van der Waals surface area contributed by atoms with Gasteiger partial charge in [-0.3, -0.25) is 10.1 Å². The molecule has 2 aromatic carbocycles. The second-order valence-electron chi connectivity index (χ2n) is 7.32. The summed E-state index contributed by atoms with van der Waals surface area (Å²) in [6, 6.07) is 7.03. The smallest absolute Gasteiger partial charge is 0.315 e. The van der Waals surface area contributed by atoms with Gasteiger partial charge in [-0.1, -0.05) is 6.92 Å². The molecular formula is C23H29NO8. The van der Waals surface area contributed by atoms with Crippen LogP contribution in [0.3, 0.4) is 0 Å². The summed E-state index contributed by atoms with van der Waals surface area (Å²) in [5.74, 6) is 1.86. The summed E-state index contributed by atoms with van der Waals surface area (Å²) in [6.45, 7) is 2.80. The molecule has 1 aliphatic heterocycles. The van der Waals surface area contributed by atoms with Gasteiger partial charge in [0.05, 0.1) is 46.1 Å². The molecule has 1 aliphatic rings. The van der Waals surface area contributed by atoms with E-state index in [1.54, 1.807) is 33.5 Å². The standard InChI is InChI=1S/C23H29NO8/c1-6-8-31-22-17(24(25)26)10-14(11-18(22)27-2)16-7-9-32-21(16)15-12-19(28-3)23(30-5)20(13-15)29-4/h10-13,16,21H,6-9H2,1-5H3. The molecule has 0 amide bonds. The van der Waals surface area contributed by atoms with Gasteiger partial charge in [-0.15, -0.1) is 0 Å². The summed E-state index contributed by atoms with van der Waals surface area (Å²) < 4.78 is 33.5. The lowest BCUT2D eigenvalue weighted by Gasteiger charge is -2.22. The van der Waals surface area contributed by atoms with Gasteiger partial charge in [-0.2, -0.15) is 0 Å². The van der Waals surface area contributed by atoms with Gasteiger partial charge in [-0.25, -0.2) is 0 Å². The minimum Gasteiger partial charge on any atom is -0.493 e. The van der Waals surface area contributed by atoms with Crippen LogP contribution in [0.15, 0.2) is 24.3 Å². The fourth-order valence-electron chi connectivity index (χ4n) is 3.98. The lowest BCUT2D eigenvalue weighted by atomic mass is 9.88. The van der Waals surface area contributed by atoms with Crippen molar-refractivity contribution in [2.24, 2.45) is 0 Å². The minimum absolute atomic E-state index is 0.122. The highest BCUT2D eigenvalue weighted by Crippen LogP contribution is 2.49. The predicted octanol–water partition coefficient (Wildman–Crippen LogP) is 4.66. The van der Waals surface area contributed by atoms with Crippen molar-refractivity contribution >= 4 is 5.69 Å². The van der Waals surface area contributed by atoms with E-state index >= 15 is 0 Å². The molecule has 2 aromatic rings. The molecule has 9 nitrogen and oxygen atoms in total. The Balaban J connectivity index is 2.06. The number of hydrogen-bond donors (Lipinski definition) is 0. The molecule has 0 bridgehead atoms. The summed E-state index contributed by atoms with van der Waals surface area (Å²) in [7, 11) is 6.13. The number of rotatable bonds is 10. The highest BCUT2D eigenvalue weighted by Gasteiger charge is 2.35. The first-order chi connectivity index (χ1) is 15.5. The van der Waals surface area contributed by atoms with Crippen molar-refractivity contribution in [3.63, 3.8) is 0 Å². The third-order valence-corrected chi connectivity index (χ3v) is 5.46. The van der Waals surface area contributed by atoms with Crippen molar-refractivity contribution in [2.75, 3.05) is 41.7 Å². The highest BCUT2D eigenvalue weighted by molar-refractivity contribution is 5.60. The SMILES string of the molecule is CCCOc1c(OC)cc(C2CCOC2c2cc(OC)c(OC)c(OC)c2)cc1[N+](=O)[O-]. The van der Waals surface area contributed by atoms with E-state index in [1.807, 2.05) is 19.1 Å². The lowest BCUT2D eigenvalue weighted by Crippen LogP contribution is -2.09. The topological polar surface area (TPSA) is 98.5 Å². The van der Waals surface area contributed by atoms with E-state index in [0.717, 1.165) is 17.5 Å². The molecule has 0 aromatic heterocycles. The number of nitrogens with zero attached hydrogens (tertiary/aromatic N) is 1. The Morgan fingerprint density at radius 2 is 1.53 bits per heavy atom. The molecule has 0 saturated carbocycles. The van der Waals surface area contributed by atoms with Crippen LogP contribution in [0.25, 0.3) is 0 Å². The molecule has 9 heteroatoms. The number of ether oxygens (including phenoxy) is 6. The second kappa shape index (κ2) is 10.4. The van der Waals surface area contributed by atoms with Crippen molar-refractivity contribution < 1.29 is 33.3 Å². The quantitative estimate of drug-likeness (QED) is 0.383. The molecule has 0 aliphatic carbocycles. The van der Waals surface area contributed by atoms with Crippen LogP contribution in [0.5, 0.6) is 28.7 Å². The van der Waals surface area contributed by atoms with Gasteiger partial charge < -0.3 is 28.4 Å². The van der Waals surface area contributed by atoms with Crippen LogP contribution >= 0.6 is 0 Å². The molecule has 2 unspecified atom stereocenters. The van der Waals surface area contributed by atoms with Gasteiger partial charge in [0.2, 0.25) is 11.5 Å². The maximum atomic E-state index is 11.8. The van der Waals surface area contributed by atoms with Gasteiger partial charge in [0, 0.05) is 18.6 Å². The van der Waals surface area contributed by atoms with Crippen LogP contribution in [0.4, 0.5) is 5.69 Å². The average Bonchev–Trinajstić information content (AvgIpc) is 3.31. The fraction of sp³-hybridized carbons (Fsp3) is 0.478. The first kappa shape index (κ1) is 23.5. The molecule has 0 radical (unpaired) electrons. The van der Waals surface area contributed by atoms with Gasteiger partial charge in [-0.05, 0) is 42.2 Å². The zero-order chi connectivity index (χ0) is 23.3. The van der Waals surface area contributed by atoms with Gasteiger partial charge in [0.1, 0.15) is 0 Å². The predicted molar refractivity (Wildman–Crippen MR) is 118 cm³/mol. The Morgan fingerprint density at radius 1 is 0.938 bits per heavy atom. The van der Waals surface area contributed by atoms with Crippen molar-refractivity contribution in [1.29, 1.82) is 0 Å². The number of methoxy groups -OCH3 is 4. The van der Waals surface area contributed by atoms with Crippen molar-refractivity contribution in [2.45, 2.75) is 31.8 Å². The average molecular weight is 447 g/mol. The van der Waals surface area contributed by atoms with E-state index < -0.39 is 4.92 Å². The number of benzene rings is 2. The molecule has 3 rings (SSSR count). The normalized spacial score (nSPS) is 17.7. The Labute approximate surface area is 187 Å². The Kier molecular flexibility index (Phi) is 7.63. The summed E-state index contributed by atoms with van der Waals surface area (Å²) in [5, 5.41) is 11.8. The van der Waals surface area contributed by atoms with Gasteiger partial charge in [0.15, 0.2) is 17.2 Å². The molecule has 0 N–H and O–H groups in total. The minimum atomic E-state index is -0.443. The molecule has 1 heterocycles. The van der Waals surface area contributed by atoms with Crippen LogP contribution < -0.4 is 23.7 Å². The zero-order valence-corrected chi connectivity index (χ0v) is 19.0. The number of nitro benzene ring substituents is 1. The van der Waals surface area contributed by atoms with E-state index in [1.165, 1.54) is 7.11 Å². The molecule has 32 heavy (non-hydrogen) atoms. The van der Waals surface area contributed by atoms with Crippen LogP contribution in [-0.2, 0) is 4.74 Å². The Morgan fingerprint density at radius 3 is 2.06 bits per heavy atom.